The van der Waals surface area contributed by atoms with Gasteiger partial charge in [-0.2, -0.15) is 0 Å². The molecule has 1 heterocycles. The van der Waals surface area contributed by atoms with Crippen molar-refractivity contribution in [3.8, 4) is 11.3 Å². The van der Waals surface area contributed by atoms with Crippen LogP contribution in [0.15, 0.2) is 58.9 Å². The second-order valence-corrected chi connectivity index (χ2v) is 9.22. The van der Waals surface area contributed by atoms with Crippen molar-refractivity contribution >= 4 is 79.6 Å². The number of aromatic amines is 1. The topological polar surface area (TPSA) is 28.7 Å². The van der Waals surface area contributed by atoms with E-state index in [4.69, 9.17) is 4.98 Å². The van der Waals surface area contributed by atoms with Gasteiger partial charge in [-0.15, -0.1) is 0 Å². The smallest absolute Gasteiger partial charge is 0.111 e. The standard InChI is InChI=1S/C16H9Br5N2/c17-9-2-1-8(11(18)4-9)3-16-22-7-15(23-16)10-5-13(20)14(21)6-12(10)19/h1-2,4-7H,3H2,(H,22,23). The van der Waals surface area contributed by atoms with Crippen molar-refractivity contribution in [1.29, 1.82) is 0 Å². The highest BCUT2D eigenvalue weighted by atomic mass is 79.9. The van der Waals surface area contributed by atoms with E-state index in [-0.39, 0.29) is 0 Å². The van der Waals surface area contributed by atoms with Gasteiger partial charge in [-0.25, -0.2) is 4.98 Å². The highest BCUT2D eigenvalue weighted by Crippen LogP contribution is 2.35. The highest BCUT2D eigenvalue weighted by Gasteiger charge is 2.12. The largest absolute Gasteiger partial charge is 0.348 e. The van der Waals surface area contributed by atoms with E-state index < -0.39 is 0 Å². The van der Waals surface area contributed by atoms with Gasteiger partial charge in [-0.05, 0) is 61.7 Å². The van der Waals surface area contributed by atoms with Gasteiger partial charge in [0.1, 0.15) is 5.82 Å². The average Bonchev–Trinajstić information content (AvgIpc) is 2.94. The Hall–Kier alpha value is 0.0500. The van der Waals surface area contributed by atoms with Gasteiger partial charge in [0.2, 0.25) is 0 Å². The zero-order chi connectivity index (χ0) is 16.6. The quantitative estimate of drug-likeness (QED) is 0.300. The third kappa shape index (κ3) is 4.18. The molecule has 0 amide bonds. The summed E-state index contributed by atoms with van der Waals surface area (Å²) in [6, 6.07) is 10.2. The molecule has 3 rings (SSSR count). The molecular formula is C16H9Br5N2. The fourth-order valence-corrected chi connectivity index (χ4v) is 4.88. The van der Waals surface area contributed by atoms with E-state index in [1.165, 1.54) is 5.56 Å². The van der Waals surface area contributed by atoms with Crippen molar-refractivity contribution in [2.45, 2.75) is 6.42 Å². The summed E-state index contributed by atoms with van der Waals surface area (Å²) in [6.45, 7) is 0. The van der Waals surface area contributed by atoms with Crippen LogP contribution in [0.25, 0.3) is 11.3 Å². The Balaban J connectivity index is 1.90. The molecule has 0 aliphatic carbocycles. The fourth-order valence-electron chi connectivity index (χ4n) is 2.15. The molecule has 2 aromatic carbocycles. The van der Waals surface area contributed by atoms with Gasteiger partial charge < -0.3 is 4.98 Å². The molecule has 0 aliphatic heterocycles. The predicted octanol–water partition coefficient (Wildman–Crippen LogP) is 7.48. The van der Waals surface area contributed by atoms with Crippen LogP contribution in [0.5, 0.6) is 0 Å². The lowest BCUT2D eigenvalue weighted by Gasteiger charge is -2.04. The molecule has 0 aliphatic rings. The number of aromatic nitrogens is 2. The molecule has 0 bridgehead atoms. The summed E-state index contributed by atoms with van der Waals surface area (Å²) in [4.78, 5) is 7.98. The van der Waals surface area contributed by atoms with Crippen LogP contribution in [0.4, 0.5) is 0 Å². The highest BCUT2D eigenvalue weighted by molar-refractivity contribution is 9.13. The second kappa shape index (κ2) is 7.52. The van der Waals surface area contributed by atoms with E-state index in [2.05, 4.69) is 90.7 Å². The normalized spacial score (nSPS) is 11.0. The van der Waals surface area contributed by atoms with Crippen molar-refractivity contribution in [3.05, 3.63) is 70.3 Å². The van der Waals surface area contributed by atoms with Gasteiger partial charge in [0, 0.05) is 40.5 Å². The van der Waals surface area contributed by atoms with E-state index in [9.17, 15) is 0 Å². The van der Waals surface area contributed by atoms with E-state index in [1.807, 2.05) is 30.5 Å². The third-order valence-electron chi connectivity index (χ3n) is 3.29. The Morgan fingerprint density at radius 2 is 1.57 bits per heavy atom. The maximum atomic E-state index is 4.72. The SMILES string of the molecule is Brc1ccc(Cc2nc(-c3cc(Br)c(Br)cc3Br)c[nH]2)c(Br)c1. The number of nitrogens with one attached hydrogen (secondary N) is 1. The Morgan fingerprint density at radius 3 is 2.30 bits per heavy atom. The van der Waals surface area contributed by atoms with Crippen molar-refractivity contribution in [2.24, 2.45) is 0 Å². The summed E-state index contributed by atoms with van der Waals surface area (Å²) in [6.07, 6.45) is 2.67. The molecule has 0 unspecified atom stereocenters. The lowest BCUT2D eigenvalue weighted by atomic mass is 10.1. The minimum Gasteiger partial charge on any atom is -0.348 e. The number of imidazole rings is 1. The first-order chi connectivity index (χ1) is 10.9. The van der Waals surface area contributed by atoms with E-state index in [0.717, 1.165) is 45.9 Å². The summed E-state index contributed by atoms with van der Waals surface area (Å²) in [5.74, 6) is 0.925. The molecule has 23 heavy (non-hydrogen) atoms. The van der Waals surface area contributed by atoms with Crippen LogP contribution in [0.1, 0.15) is 11.4 Å². The van der Waals surface area contributed by atoms with Gasteiger partial charge in [0.15, 0.2) is 0 Å². The van der Waals surface area contributed by atoms with Gasteiger partial charge in [-0.1, -0.05) is 53.9 Å². The zero-order valence-electron chi connectivity index (χ0n) is 11.5. The number of nitrogens with zero attached hydrogens (tertiary/aromatic N) is 1. The first-order valence-corrected chi connectivity index (χ1v) is 10.5. The number of halogens is 5. The zero-order valence-corrected chi connectivity index (χ0v) is 19.4. The minimum atomic E-state index is 0.739. The Bertz CT molecular complexity index is 873. The lowest BCUT2D eigenvalue weighted by Crippen LogP contribution is -1.92. The average molecular weight is 629 g/mol. The van der Waals surface area contributed by atoms with Crippen LogP contribution in [-0.2, 0) is 6.42 Å². The van der Waals surface area contributed by atoms with Crippen LogP contribution in [0.2, 0.25) is 0 Å². The molecule has 0 atom stereocenters. The summed E-state index contributed by atoms with van der Waals surface area (Å²) in [7, 11) is 0. The van der Waals surface area contributed by atoms with Crippen molar-refractivity contribution in [1.82, 2.24) is 9.97 Å². The number of hydrogen-bond donors (Lipinski definition) is 1. The van der Waals surface area contributed by atoms with Crippen molar-refractivity contribution in [2.75, 3.05) is 0 Å². The predicted molar refractivity (Wildman–Crippen MR) is 112 cm³/mol. The number of hydrogen-bond acceptors (Lipinski definition) is 1. The maximum Gasteiger partial charge on any atom is 0.111 e. The number of H-pyrrole nitrogens is 1. The molecule has 0 saturated carbocycles. The molecule has 0 fully saturated rings. The van der Waals surface area contributed by atoms with E-state index >= 15 is 0 Å². The maximum absolute atomic E-state index is 4.72. The fraction of sp³-hybridized carbons (Fsp3) is 0.0625. The molecule has 7 heteroatoms. The summed E-state index contributed by atoms with van der Waals surface area (Å²) in [5.41, 5.74) is 3.14. The first-order valence-electron chi connectivity index (χ1n) is 6.57. The van der Waals surface area contributed by atoms with Crippen molar-refractivity contribution < 1.29 is 0 Å². The molecule has 3 aromatic rings. The summed E-state index contributed by atoms with van der Waals surface area (Å²) in [5, 5.41) is 0. The Kier molecular flexibility index (Phi) is 5.84. The Morgan fingerprint density at radius 1 is 0.826 bits per heavy atom. The number of rotatable bonds is 3. The van der Waals surface area contributed by atoms with Gasteiger partial charge in [0.25, 0.3) is 0 Å². The first kappa shape index (κ1) is 17.9. The minimum absolute atomic E-state index is 0.739. The molecule has 1 aromatic heterocycles. The second-order valence-electron chi connectivity index (χ2n) is 4.89. The summed E-state index contributed by atoms with van der Waals surface area (Å²) < 4.78 is 5.11. The van der Waals surface area contributed by atoms with Crippen LogP contribution in [-0.4, -0.2) is 9.97 Å². The molecule has 0 spiro atoms. The molecule has 1 N–H and O–H groups in total. The van der Waals surface area contributed by atoms with Gasteiger partial charge >= 0.3 is 0 Å². The molecular weight excluding hydrogens is 620 g/mol. The molecule has 2 nitrogen and oxygen atoms in total. The molecule has 0 saturated heterocycles. The van der Waals surface area contributed by atoms with Crippen LogP contribution >= 0.6 is 79.6 Å². The molecule has 118 valence electrons. The molecule has 0 radical (unpaired) electrons. The van der Waals surface area contributed by atoms with Crippen LogP contribution < -0.4 is 0 Å². The Labute approximate surface area is 176 Å². The van der Waals surface area contributed by atoms with Gasteiger partial charge in [0.05, 0.1) is 5.69 Å². The van der Waals surface area contributed by atoms with Crippen molar-refractivity contribution in [3.63, 3.8) is 0 Å². The number of benzene rings is 2. The van der Waals surface area contributed by atoms with E-state index in [0.29, 0.717) is 0 Å². The van der Waals surface area contributed by atoms with Crippen LogP contribution in [0.3, 0.4) is 0 Å². The lowest BCUT2D eigenvalue weighted by molar-refractivity contribution is 1.02. The third-order valence-corrected chi connectivity index (χ3v) is 7.02. The van der Waals surface area contributed by atoms with Gasteiger partial charge in [-0.3, -0.25) is 0 Å². The van der Waals surface area contributed by atoms with E-state index in [1.54, 1.807) is 0 Å². The van der Waals surface area contributed by atoms with Crippen LogP contribution in [0, 0.1) is 0 Å². The monoisotopic (exact) mass is 624 g/mol. The summed E-state index contributed by atoms with van der Waals surface area (Å²) >= 11 is 17.7.